The Kier molecular flexibility index (Phi) is 6.34. The monoisotopic (exact) mass is 310 g/mol. The molecule has 1 N–H and O–H groups in total. The van der Waals surface area contributed by atoms with Gasteiger partial charge in [-0.1, -0.05) is 31.0 Å². The minimum Gasteiger partial charge on any atom is -0.496 e. The number of hydrogen-bond donors (Lipinski definition) is 1. The van der Waals surface area contributed by atoms with Crippen molar-refractivity contribution in [3.8, 4) is 5.75 Å². The summed E-state index contributed by atoms with van der Waals surface area (Å²) in [5.74, 6) is 1.47. The van der Waals surface area contributed by atoms with E-state index in [4.69, 9.17) is 16.3 Å². The second-order valence-electron chi connectivity index (χ2n) is 5.84. The van der Waals surface area contributed by atoms with Gasteiger partial charge in [-0.05, 0) is 57.6 Å². The summed E-state index contributed by atoms with van der Waals surface area (Å²) >= 11 is 6.53. The van der Waals surface area contributed by atoms with E-state index < -0.39 is 0 Å². The summed E-state index contributed by atoms with van der Waals surface area (Å²) < 4.78 is 5.59. The average molecular weight is 311 g/mol. The van der Waals surface area contributed by atoms with Gasteiger partial charge in [0.05, 0.1) is 7.11 Å². The van der Waals surface area contributed by atoms with Crippen molar-refractivity contribution in [2.75, 3.05) is 33.8 Å². The fraction of sp³-hybridized carbons (Fsp3) is 0.647. The zero-order chi connectivity index (χ0) is 15.2. The number of nitrogens with one attached hydrogen (secondary N) is 1. The molecule has 0 aromatic heterocycles. The van der Waals surface area contributed by atoms with Crippen LogP contribution in [0.25, 0.3) is 0 Å². The lowest BCUT2D eigenvalue weighted by Gasteiger charge is -2.34. The summed E-state index contributed by atoms with van der Waals surface area (Å²) in [6.07, 6.45) is 3.77. The maximum Gasteiger partial charge on any atom is 0.125 e. The SMILES string of the molecule is CCNCC1CCCCN(C)C1c1c(Cl)cccc1OC. The predicted octanol–water partition coefficient (Wildman–Crippen LogP) is 3.73. The number of likely N-dealkylation sites (tertiary alicyclic amines) is 1. The molecule has 0 amide bonds. The molecule has 0 radical (unpaired) electrons. The number of benzene rings is 1. The molecule has 4 heteroatoms. The number of ether oxygens (including phenoxy) is 1. The molecule has 1 aliphatic heterocycles. The summed E-state index contributed by atoms with van der Waals surface area (Å²) in [5.41, 5.74) is 1.15. The first-order chi connectivity index (χ1) is 10.2. The van der Waals surface area contributed by atoms with Crippen LogP contribution in [0.15, 0.2) is 18.2 Å². The molecule has 3 nitrogen and oxygen atoms in total. The van der Waals surface area contributed by atoms with Gasteiger partial charge in [0.25, 0.3) is 0 Å². The van der Waals surface area contributed by atoms with Crippen molar-refractivity contribution in [3.63, 3.8) is 0 Å². The van der Waals surface area contributed by atoms with Crippen LogP contribution in [-0.2, 0) is 0 Å². The molecular weight excluding hydrogens is 284 g/mol. The number of hydrogen-bond acceptors (Lipinski definition) is 3. The van der Waals surface area contributed by atoms with Gasteiger partial charge in [0.1, 0.15) is 5.75 Å². The second-order valence-corrected chi connectivity index (χ2v) is 6.25. The standard InChI is InChI=1S/C17H27ClN2O/c1-4-19-12-13-8-5-6-11-20(2)17(13)16-14(18)9-7-10-15(16)21-3/h7,9-10,13,17,19H,4-6,8,11-12H2,1-3H3. The fourth-order valence-electron chi connectivity index (χ4n) is 3.41. The van der Waals surface area contributed by atoms with E-state index in [0.29, 0.717) is 12.0 Å². The zero-order valence-electron chi connectivity index (χ0n) is 13.4. The van der Waals surface area contributed by atoms with Crippen LogP contribution in [0.1, 0.15) is 37.8 Å². The van der Waals surface area contributed by atoms with Crippen molar-refractivity contribution in [1.29, 1.82) is 0 Å². The molecule has 0 saturated carbocycles. The third kappa shape index (κ3) is 3.91. The molecule has 2 atom stereocenters. The Hall–Kier alpha value is -0.770. The first-order valence-electron chi connectivity index (χ1n) is 7.92. The lowest BCUT2D eigenvalue weighted by Crippen LogP contribution is -2.35. The minimum atomic E-state index is 0.315. The van der Waals surface area contributed by atoms with Crippen molar-refractivity contribution in [2.45, 2.75) is 32.2 Å². The van der Waals surface area contributed by atoms with Crippen molar-refractivity contribution in [1.82, 2.24) is 10.2 Å². The molecule has 21 heavy (non-hydrogen) atoms. The van der Waals surface area contributed by atoms with Crippen LogP contribution in [0, 0.1) is 5.92 Å². The quantitative estimate of drug-likeness (QED) is 0.897. The highest BCUT2D eigenvalue weighted by molar-refractivity contribution is 6.31. The van der Waals surface area contributed by atoms with E-state index in [0.717, 1.165) is 36.0 Å². The Morgan fingerprint density at radius 3 is 2.90 bits per heavy atom. The Morgan fingerprint density at radius 1 is 1.38 bits per heavy atom. The second kappa shape index (κ2) is 8.02. The largest absolute Gasteiger partial charge is 0.496 e. The van der Waals surface area contributed by atoms with Crippen LogP contribution in [0.2, 0.25) is 5.02 Å². The number of methoxy groups -OCH3 is 1. The highest BCUT2D eigenvalue weighted by Crippen LogP contribution is 2.41. The van der Waals surface area contributed by atoms with Crippen LogP contribution in [-0.4, -0.2) is 38.7 Å². The predicted molar refractivity (Wildman–Crippen MR) is 89.3 cm³/mol. The molecular formula is C17H27ClN2O. The maximum absolute atomic E-state index is 6.53. The number of rotatable bonds is 5. The van der Waals surface area contributed by atoms with E-state index in [1.165, 1.54) is 19.3 Å². The molecule has 1 aromatic carbocycles. The lowest BCUT2D eigenvalue weighted by molar-refractivity contribution is 0.185. The first kappa shape index (κ1) is 16.6. The van der Waals surface area contributed by atoms with E-state index in [2.05, 4.69) is 24.2 Å². The number of halogens is 1. The van der Waals surface area contributed by atoms with Crippen LogP contribution < -0.4 is 10.1 Å². The highest BCUT2D eigenvalue weighted by atomic mass is 35.5. The fourth-order valence-corrected chi connectivity index (χ4v) is 3.68. The maximum atomic E-state index is 6.53. The van der Waals surface area contributed by atoms with Gasteiger partial charge in [0.2, 0.25) is 0 Å². The van der Waals surface area contributed by atoms with Gasteiger partial charge in [-0.2, -0.15) is 0 Å². The summed E-state index contributed by atoms with van der Waals surface area (Å²) in [6, 6.07) is 6.27. The van der Waals surface area contributed by atoms with E-state index in [9.17, 15) is 0 Å². The van der Waals surface area contributed by atoms with Gasteiger partial charge in [-0.25, -0.2) is 0 Å². The first-order valence-corrected chi connectivity index (χ1v) is 8.30. The molecule has 1 aliphatic rings. The van der Waals surface area contributed by atoms with Gasteiger partial charge in [0.15, 0.2) is 0 Å². The smallest absolute Gasteiger partial charge is 0.125 e. The Balaban J connectivity index is 2.38. The van der Waals surface area contributed by atoms with Gasteiger partial charge in [0, 0.05) is 16.6 Å². The molecule has 118 valence electrons. The van der Waals surface area contributed by atoms with Crippen molar-refractivity contribution < 1.29 is 4.74 Å². The van der Waals surface area contributed by atoms with Crippen molar-refractivity contribution in [3.05, 3.63) is 28.8 Å². The van der Waals surface area contributed by atoms with Crippen molar-refractivity contribution in [2.24, 2.45) is 5.92 Å². The van der Waals surface area contributed by atoms with Crippen LogP contribution in [0.3, 0.4) is 0 Å². The Bertz CT molecular complexity index is 452. The van der Waals surface area contributed by atoms with E-state index in [1.54, 1.807) is 7.11 Å². The Labute approximate surface area is 133 Å². The van der Waals surface area contributed by atoms with Crippen LogP contribution >= 0.6 is 11.6 Å². The molecule has 0 aliphatic carbocycles. The van der Waals surface area contributed by atoms with E-state index >= 15 is 0 Å². The molecule has 1 aromatic rings. The van der Waals surface area contributed by atoms with Gasteiger partial charge < -0.3 is 10.1 Å². The summed E-state index contributed by atoms with van der Waals surface area (Å²) in [7, 11) is 3.93. The lowest BCUT2D eigenvalue weighted by atomic mass is 9.88. The summed E-state index contributed by atoms with van der Waals surface area (Å²) in [5, 5.41) is 4.33. The molecule has 1 fully saturated rings. The Morgan fingerprint density at radius 2 is 2.19 bits per heavy atom. The third-order valence-electron chi connectivity index (χ3n) is 4.44. The third-order valence-corrected chi connectivity index (χ3v) is 4.77. The zero-order valence-corrected chi connectivity index (χ0v) is 14.1. The van der Waals surface area contributed by atoms with E-state index in [-0.39, 0.29) is 0 Å². The molecule has 0 bridgehead atoms. The molecule has 2 rings (SSSR count). The van der Waals surface area contributed by atoms with Crippen LogP contribution in [0.5, 0.6) is 5.75 Å². The average Bonchev–Trinajstić information content (AvgIpc) is 2.66. The molecule has 2 unspecified atom stereocenters. The van der Waals surface area contributed by atoms with E-state index in [1.807, 2.05) is 18.2 Å². The molecule has 1 saturated heterocycles. The molecule has 1 heterocycles. The van der Waals surface area contributed by atoms with Gasteiger partial charge >= 0.3 is 0 Å². The van der Waals surface area contributed by atoms with Gasteiger partial charge in [-0.3, -0.25) is 4.90 Å². The topological polar surface area (TPSA) is 24.5 Å². The number of nitrogens with zero attached hydrogens (tertiary/aromatic N) is 1. The van der Waals surface area contributed by atoms with Gasteiger partial charge in [-0.15, -0.1) is 0 Å². The highest BCUT2D eigenvalue weighted by Gasteiger charge is 2.32. The minimum absolute atomic E-state index is 0.315. The normalized spacial score (nSPS) is 23.8. The summed E-state index contributed by atoms with van der Waals surface area (Å²) in [6.45, 7) is 5.31. The summed E-state index contributed by atoms with van der Waals surface area (Å²) in [4.78, 5) is 2.44. The van der Waals surface area contributed by atoms with Crippen LogP contribution in [0.4, 0.5) is 0 Å². The molecule has 0 spiro atoms. The van der Waals surface area contributed by atoms with Crippen molar-refractivity contribution >= 4 is 11.6 Å².